The lowest BCUT2D eigenvalue weighted by Crippen LogP contribution is -2.28. The summed E-state index contributed by atoms with van der Waals surface area (Å²) in [5.41, 5.74) is 0.506. The maximum absolute atomic E-state index is 11.4. The van der Waals surface area contributed by atoms with E-state index in [-0.39, 0.29) is 15.8 Å². The van der Waals surface area contributed by atoms with Gasteiger partial charge in [-0.05, 0) is 42.0 Å². The normalized spacial score (nSPS) is 11.3. The van der Waals surface area contributed by atoms with Crippen molar-refractivity contribution in [2.24, 2.45) is 0 Å². The lowest BCUT2D eigenvalue weighted by Gasteiger charge is -2.09. The molecule has 0 bridgehead atoms. The minimum Gasteiger partial charge on any atom is -0.546 e. The molecule has 1 heterocycles. The van der Waals surface area contributed by atoms with Crippen LogP contribution in [-0.4, -0.2) is 33.7 Å². The third-order valence-electron chi connectivity index (χ3n) is 2.91. The summed E-state index contributed by atoms with van der Waals surface area (Å²) in [5.74, 6) is -1.75. The Morgan fingerprint density at radius 2 is 2.16 bits per heavy atom. The number of hydrogen-bond donors (Lipinski definition) is 1. The van der Waals surface area contributed by atoms with Gasteiger partial charge >= 0.3 is 0 Å². The average molecular weight is 361 g/mol. The van der Waals surface area contributed by atoms with Crippen molar-refractivity contribution in [1.29, 1.82) is 0 Å². The first-order chi connectivity index (χ1) is 12.0. The maximum Gasteiger partial charge on any atom is 0.213 e. The monoisotopic (exact) mass is 361 g/mol. The van der Waals surface area contributed by atoms with Crippen LogP contribution in [0.5, 0.6) is 5.75 Å². The van der Waals surface area contributed by atoms with Gasteiger partial charge in [0.15, 0.2) is 0 Å². The highest BCUT2D eigenvalue weighted by Crippen LogP contribution is 2.26. The second-order valence-electron chi connectivity index (χ2n) is 4.95. The average Bonchev–Trinajstić information content (AvgIpc) is 3.00. The zero-order valence-electron chi connectivity index (χ0n) is 13.4. The van der Waals surface area contributed by atoms with Crippen molar-refractivity contribution in [2.45, 2.75) is 24.9 Å². The molecular weight excluding hydrogens is 346 g/mol. The van der Waals surface area contributed by atoms with Gasteiger partial charge in [-0.2, -0.15) is 0 Å². The lowest BCUT2D eigenvalue weighted by molar-refractivity contribution is -0.307. The van der Waals surface area contributed by atoms with Gasteiger partial charge in [-0.1, -0.05) is 19.1 Å². The summed E-state index contributed by atoms with van der Waals surface area (Å²) in [7, 11) is 0. The van der Waals surface area contributed by atoms with Crippen LogP contribution in [0.25, 0.3) is 6.08 Å². The Morgan fingerprint density at radius 1 is 1.36 bits per heavy atom. The molecule has 0 aliphatic carbocycles. The number of aliphatic carboxylic acids is 2. The zero-order chi connectivity index (χ0) is 18.2. The number of nitrogens with zero attached hydrogens (tertiary/aromatic N) is 2. The van der Waals surface area contributed by atoms with Gasteiger partial charge in [0.25, 0.3) is 0 Å². The van der Waals surface area contributed by atoms with E-state index in [2.05, 4.69) is 15.2 Å². The molecule has 2 rings (SSSR count). The van der Waals surface area contributed by atoms with Crippen LogP contribution < -0.4 is 14.9 Å². The Morgan fingerprint density at radius 3 is 2.84 bits per heavy atom. The van der Waals surface area contributed by atoms with Crippen LogP contribution in [0.3, 0.4) is 0 Å². The molecule has 0 saturated heterocycles. The fraction of sp³-hybridized carbons (Fsp3) is 0.250. The summed E-state index contributed by atoms with van der Waals surface area (Å²) < 4.78 is 5.01. The molecule has 0 fully saturated rings. The third kappa shape index (κ3) is 5.96. The minimum atomic E-state index is -1.37. The SMILES string of the molecule is CCCc1nc(S/C(=C\c2cccc(OCC(=O)[O-])c2)C(=O)[O-])n[nH]1. The van der Waals surface area contributed by atoms with E-state index in [1.54, 1.807) is 18.2 Å². The van der Waals surface area contributed by atoms with Crippen molar-refractivity contribution in [1.82, 2.24) is 15.2 Å². The number of carboxylic acids is 2. The number of H-pyrrole nitrogens is 1. The molecule has 0 atom stereocenters. The largest absolute Gasteiger partial charge is 0.546 e. The van der Waals surface area contributed by atoms with E-state index in [1.165, 1.54) is 12.1 Å². The molecule has 0 aliphatic heterocycles. The van der Waals surface area contributed by atoms with Gasteiger partial charge in [0.05, 0.1) is 11.9 Å². The lowest BCUT2D eigenvalue weighted by atomic mass is 10.2. The van der Waals surface area contributed by atoms with Gasteiger partial charge < -0.3 is 24.5 Å². The van der Waals surface area contributed by atoms with E-state index in [0.717, 1.165) is 24.6 Å². The van der Waals surface area contributed by atoms with Crippen LogP contribution in [-0.2, 0) is 16.0 Å². The Bertz CT molecular complexity index is 788. The first-order valence-corrected chi connectivity index (χ1v) is 8.24. The number of nitrogens with one attached hydrogen (secondary N) is 1. The van der Waals surface area contributed by atoms with Gasteiger partial charge in [-0.3, -0.25) is 5.10 Å². The Labute approximate surface area is 147 Å². The number of aromatic amines is 1. The molecule has 1 N–H and O–H groups in total. The van der Waals surface area contributed by atoms with Crippen molar-refractivity contribution < 1.29 is 24.5 Å². The van der Waals surface area contributed by atoms with Crippen LogP contribution in [0, 0.1) is 0 Å². The number of ether oxygens (including phenoxy) is 1. The van der Waals surface area contributed by atoms with Crippen LogP contribution in [0.4, 0.5) is 0 Å². The predicted molar refractivity (Wildman–Crippen MR) is 86.2 cm³/mol. The molecule has 2 aromatic rings. The number of carbonyl (C=O) groups excluding carboxylic acids is 2. The van der Waals surface area contributed by atoms with Gasteiger partial charge in [-0.25, -0.2) is 4.98 Å². The van der Waals surface area contributed by atoms with Gasteiger partial charge in [-0.15, -0.1) is 5.10 Å². The molecule has 0 aliphatic rings. The second-order valence-corrected chi connectivity index (χ2v) is 5.96. The molecule has 0 radical (unpaired) electrons. The summed E-state index contributed by atoms with van der Waals surface area (Å²) in [6.45, 7) is 1.41. The smallest absolute Gasteiger partial charge is 0.213 e. The molecule has 25 heavy (non-hydrogen) atoms. The number of hydrogen-bond acceptors (Lipinski definition) is 8. The van der Waals surface area contributed by atoms with E-state index >= 15 is 0 Å². The minimum absolute atomic E-state index is 0.0842. The standard InChI is InChI=1S/C16H17N3O5S/c1-2-4-13-17-16(19-18-13)25-12(15(22)23)8-10-5-3-6-11(7-10)24-9-14(20)21/h3,5-8H,2,4,9H2,1H3,(H,20,21)(H,22,23)(H,17,18,19)/p-2/b12-8-. The number of rotatable bonds is 9. The summed E-state index contributed by atoms with van der Waals surface area (Å²) in [6.07, 6.45) is 2.98. The molecule has 0 amide bonds. The van der Waals surface area contributed by atoms with Gasteiger partial charge in [0, 0.05) is 11.3 Å². The van der Waals surface area contributed by atoms with Crippen LogP contribution >= 0.6 is 11.8 Å². The maximum atomic E-state index is 11.4. The molecule has 9 heteroatoms. The Kier molecular flexibility index (Phi) is 6.58. The van der Waals surface area contributed by atoms with Crippen LogP contribution in [0.1, 0.15) is 24.7 Å². The highest BCUT2D eigenvalue weighted by Gasteiger charge is 2.09. The van der Waals surface area contributed by atoms with Gasteiger partial charge in [0.2, 0.25) is 5.16 Å². The molecule has 0 unspecified atom stereocenters. The summed E-state index contributed by atoms with van der Waals surface area (Å²) in [6, 6.07) is 6.32. The summed E-state index contributed by atoms with van der Waals surface area (Å²) in [4.78, 5) is 25.9. The number of thioether (sulfide) groups is 1. The Balaban J connectivity index is 2.16. The highest BCUT2D eigenvalue weighted by atomic mass is 32.2. The topological polar surface area (TPSA) is 131 Å². The molecule has 8 nitrogen and oxygen atoms in total. The second kappa shape index (κ2) is 8.88. The van der Waals surface area contributed by atoms with E-state index in [4.69, 9.17) is 4.74 Å². The first kappa shape index (κ1) is 18.5. The number of aryl methyl sites for hydroxylation is 1. The summed E-state index contributed by atoms with van der Waals surface area (Å²) >= 11 is 0.863. The number of benzene rings is 1. The molecule has 0 saturated carbocycles. The highest BCUT2D eigenvalue weighted by molar-refractivity contribution is 8.04. The van der Waals surface area contributed by atoms with Crippen molar-refractivity contribution in [3.8, 4) is 5.75 Å². The van der Waals surface area contributed by atoms with Crippen molar-refractivity contribution in [3.63, 3.8) is 0 Å². The van der Waals surface area contributed by atoms with Crippen molar-refractivity contribution in [3.05, 3.63) is 40.6 Å². The van der Waals surface area contributed by atoms with E-state index in [0.29, 0.717) is 11.4 Å². The first-order valence-electron chi connectivity index (χ1n) is 7.42. The van der Waals surface area contributed by atoms with Crippen LogP contribution in [0.2, 0.25) is 0 Å². The van der Waals surface area contributed by atoms with Crippen molar-refractivity contribution in [2.75, 3.05) is 6.61 Å². The molecule has 132 valence electrons. The number of aromatic nitrogens is 3. The van der Waals surface area contributed by atoms with E-state index < -0.39 is 18.5 Å². The summed E-state index contributed by atoms with van der Waals surface area (Å²) in [5, 5.41) is 28.8. The van der Waals surface area contributed by atoms with E-state index in [9.17, 15) is 19.8 Å². The quantitative estimate of drug-likeness (QED) is 0.478. The van der Waals surface area contributed by atoms with Crippen LogP contribution in [0.15, 0.2) is 34.3 Å². The number of carbonyl (C=O) groups is 2. The van der Waals surface area contributed by atoms with Crippen molar-refractivity contribution >= 4 is 29.8 Å². The van der Waals surface area contributed by atoms with Gasteiger partial charge in [0.1, 0.15) is 18.2 Å². The molecule has 1 aromatic heterocycles. The fourth-order valence-corrected chi connectivity index (χ4v) is 2.61. The third-order valence-corrected chi connectivity index (χ3v) is 3.78. The fourth-order valence-electron chi connectivity index (χ4n) is 1.89. The Hall–Kier alpha value is -2.81. The molecule has 1 aromatic carbocycles. The predicted octanol–water partition coefficient (Wildman–Crippen LogP) is -0.231. The number of carboxylic acid groups (broad SMARTS) is 2. The molecule has 0 spiro atoms. The van der Waals surface area contributed by atoms with E-state index in [1.807, 2.05) is 6.92 Å². The molecular formula is C16H15N3O5S-2. The zero-order valence-corrected chi connectivity index (χ0v) is 14.2.